The molecule has 0 radical (unpaired) electrons. The molecule has 1 unspecified atom stereocenters. The van der Waals surface area contributed by atoms with E-state index in [0.29, 0.717) is 25.4 Å². The largest absolute Gasteiger partial charge is 0.497 e. The van der Waals surface area contributed by atoms with Gasteiger partial charge >= 0.3 is 0 Å². The number of methoxy groups -OCH3 is 1. The topological polar surface area (TPSA) is 61.9 Å². The van der Waals surface area contributed by atoms with Crippen molar-refractivity contribution in [2.45, 2.75) is 26.2 Å². The lowest BCUT2D eigenvalue weighted by Crippen LogP contribution is -2.51. The van der Waals surface area contributed by atoms with Crippen LogP contribution in [-0.4, -0.2) is 68.0 Å². The highest BCUT2D eigenvalue weighted by Gasteiger charge is 2.32. The molecule has 2 saturated heterocycles. The second kappa shape index (κ2) is 10.7. The van der Waals surface area contributed by atoms with E-state index in [1.165, 1.54) is 0 Å². The summed E-state index contributed by atoms with van der Waals surface area (Å²) in [6.07, 6.45) is 2.09. The molecule has 0 spiro atoms. The monoisotopic (exact) mass is 409 g/mol. The van der Waals surface area contributed by atoms with Crippen LogP contribution < -0.4 is 10.1 Å². The van der Waals surface area contributed by atoms with Crippen LogP contribution in [0.2, 0.25) is 0 Å². The van der Waals surface area contributed by atoms with Crippen molar-refractivity contribution in [3.05, 3.63) is 29.8 Å². The van der Waals surface area contributed by atoms with Crippen molar-refractivity contribution in [1.82, 2.24) is 15.1 Å². The summed E-state index contributed by atoms with van der Waals surface area (Å²) in [7, 11) is 1.65. The fraction of sp³-hybridized carbons (Fsp3) is 0.619. The molecule has 7 heteroatoms. The van der Waals surface area contributed by atoms with Gasteiger partial charge in [-0.25, -0.2) is 0 Å². The lowest BCUT2D eigenvalue weighted by molar-refractivity contribution is -0.138. The molecule has 2 fully saturated rings. The molecule has 0 aliphatic carbocycles. The summed E-state index contributed by atoms with van der Waals surface area (Å²) in [4.78, 5) is 29.2. The minimum atomic E-state index is 0. The molecule has 2 amide bonds. The number of rotatable bonds is 6. The van der Waals surface area contributed by atoms with Gasteiger partial charge in [0.15, 0.2) is 0 Å². The molecule has 1 N–H and O–H groups in total. The third-order valence-corrected chi connectivity index (χ3v) is 5.86. The van der Waals surface area contributed by atoms with Crippen molar-refractivity contribution < 1.29 is 14.3 Å². The molecule has 2 aliphatic heterocycles. The number of nitrogens with one attached hydrogen (secondary N) is 1. The number of hydrogen-bond acceptors (Lipinski definition) is 4. The first-order valence-corrected chi connectivity index (χ1v) is 9.98. The molecule has 3 rings (SSSR count). The normalized spacial score (nSPS) is 18.5. The van der Waals surface area contributed by atoms with Gasteiger partial charge in [-0.05, 0) is 49.5 Å². The zero-order valence-corrected chi connectivity index (χ0v) is 17.7. The third-order valence-electron chi connectivity index (χ3n) is 5.86. The van der Waals surface area contributed by atoms with E-state index in [0.717, 1.165) is 50.3 Å². The van der Waals surface area contributed by atoms with Crippen LogP contribution in [0, 0.1) is 11.8 Å². The molecule has 0 bridgehead atoms. The Bertz CT molecular complexity index is 649. The van der Waals surface area contributed by atoms with Crippen LogP contribution in [0.4, 0.5) is 0 Å². The van der Waals surface area contributed by atoms with Crippen molar-refractivity contribution in [3.8, 4) is 5.75 Å². The van der Waals surface area contributed by atoms with E-state index in [1.54, 1.807) is 7.11 Å². The maximum atomic E-state index is 12.7. The number of ether oxygens (including phenoxy) is 1. The molecular weight excluding hydrogens is 378 g/mol. The summed E-state index contributed by atoms with van der Waals surface area (Å²) in [6, 6.07) is 7.86. The number of benzene rings is 1. The van der Waals surface area contributed by atoms with Crippen LogP contribution in [-0.2, 0) is 16.0 Å². The number of amides is 2. The van der Waals surface area contributed by atoms with Gasteiger partial charge in [-0.3, -0.25) is 9.59 Å². The van der Waals surface area contributed by atoms with E-state index in [9.17, 15) is 9.59 Å². The summed E-state index contributed by atoms with van der Waals surface area (Å²) in [6.45, 7) is 6.71. The highest BCUT2D eigenvalue weighted by atomic mass is 35.5. The minimum absolute atomic E-state index is 0. The zero-order chi connectivity index (χ0) is 19.2. The second-order valence-electron chi connectivity index (χ2n) is 7.61. The Kier molecular flexibility index (Phi) is 8.58. The first-order chi connectivity index (χ1) is 13.1. The Morgan fingerprint density at radius 2 is 1.75 bits per heavy atom. The van der Waals surface area contributed by atoms with E-state index >= 15 is 0 Å². The van der Waals surface area contributed by atoms with E-state index < -0.39 is 0 Å². The molecule has 28 heavy (non-hydrogen) atoms. The Labute approximate surface area is 174 Å². The molecule has 1 aromatic carbocycles. The van der Waals surface area contributed by atoms with Crippen LogP contribution in [0.3, 0.4) is 0 Å². The lowest BCUT2D eigenvalue weighted by atomic mass is 9.88. The van der Waals surface area contributed by atoms with Crippen LogP contribution in [0.15, 0.2) is 24.3 Å². The number of carbonyl (C=O) groups is 2. The van der Waals surface area contributed by atoms with Crippen molar-refractivity contribution >= 4 is 24.2 Å². The van der Waals surface area contributed by atoms with Crippen LogP contribution in [0.1, 0.15) is 25.3 Å². The SMILES string of the molecule is COc1ccc(CCC(=O)N2CCCN(C(=O)C(C)C3CNC3)CC2)cc1.Cl. The quantitative estimate of drug-likeness (QED) is 0.780. The highest BCUT2D eigenvalue weighted by molar-refractivity contribution is 5.85. The van der Waals surface area contributed by atoms with Gasteiger partial charge in [-0.2, -0.15) is 0 Å². The van der Waals surface area contributed by atoms with Crippen molar-refractivity contribution in [2.75, 3.05) is 46.4 Å². The van der Waals surface area contributed by atoms with Gasteiger partial charge in [0, 0.05) is 38.5 Å². The lowest BCUT2D eigenvalue weighted by Gasteiger charge is -2.34. The van der Waals surface area contributed by atoms with Gasteiger partial charge in [0.05, 0.1) is 7.11 Å². The summed E-state index contributed by atoms with van der Waals surface area (Å²) in [5.41, 5.74) is 1.14. The first kappa shape index (κ1) is 22.5. The maximum Gasteiger partial charge on any atom is 0.225 e. The van der Waals surface area contributed by atoms with Gasteiger partial charge in [-0.15, -0.1) is 12.4 Å². The minimum Gasteiger partial charge on any atom is -0.497 e. The van der Waals surface area contributed by atoms with Gasteiger partial charge in [0.25, 0.3) is 0 Å². The number of nitrogens with zero attached hydrogens (tertiary/aromatic N) is 2. The number of halogens is 1. The van der Waals surface area contributed by atoms with Gasteiger partial charge in [0.2, 0.25) is 11.8 Å². The Hall–Kier alpha value is -1.79. The summed E-state index contributed by atoms with van der Waals surface area (Å²) in [5.74, 6) is 1.78. The number of carbonyl (C=O) groups excluding carboxylic acids is 2. The summed E-state index contributed by atoms with van der Waals surface area (Å²) in [5, 5.41) is 3.24. The average Bonchev–Trinajstić information content (AvgIpc) is 2.90. The van der Waals surface area contributed by atoms with Crippen molar-refractivity contribution in [3.63, 3.8) is 0 Å². The Morgan fingerprint density at radius 3 is 2.36 bits per heavy atom. The van der Waals surface area contributed by atoms with Crippen LogP contribution in [0.5, 0.6) is 5.75 Å². The first-order valence-electron chi connectivity index (χ1n) is 9.98. The van der Waals surface area contributed by atoms with Gasteiger partial charge in [-0.1, -0.05) is 19.1 Å². The highest BCUT2D eigenvalue weighted by Crippen LogP contribution is 2.20. The van der Waals surface area contributed by atoms with Gasteiger partial charge in [0.1, 0.15) is 5.75 Å². The molecule has 0 saturated carbocycles. The fourth-order valence-electron chi connectivity index (χ4n) is 3.74. The third kappa shape index (κ3) is 5.61. The number of hydrogen-bond donors (Lipinski definition) is 1. The molecule has 156 valence electrons. The maximum absolute atomic E-state index is 12.7. The molecule has 2 aliphatic rings. The van der Waals surface area contributed by atoms with E-state index in [4.69, 9.17) is 4.74 Å². The average molecular weight is 410 g/mol. The fourth-order valence-corrected chi connectivity index (χ4v) is 3.74. The van der Waals surface area contributed by atoms with E-state index in [2.05, 4.69) is 5.32 Å². The smallest absolute Gasteiger partial charge is 0.225 e. The van der Waals surface area contributed by atoms with Gasteiger partial charge < -0.3 is 19.9 Å². The summed E-state index contributed by atoms with van der Waals surface area (Å²) >= 11 is 0. The second-order valence-corrected chi connectivity index (χ2v) is 7.61. The number of aryl methyl sites for hydroxylation is 1. The zero-order valence-electron chi connectivity index (χ0n) is 16.9. The molecule has 0 aromatic heterocycles. The molecular formula is C21H32ClN3O3. The molecule has 1 aromatic rings. The van der Waals surface area contributed by atoms with E-state index in [1.807, 2.05) is 41.0 Å². The Balaban J connectivity index is 0.00000280. The predicted octanol–water partition coefficient (Wildman–Crippen LogP) is 1.97. The van der Waals surface area contributed by atoms with Crippen molar-refractivity contribution in [1.29, 1.82) is 0 Å². The van der Waals surface area contributed by atoms with Crippen LogP contribution in [0.25, 0.3) is 0 Å². The predicted molar refractivity (Wildman–Crippen MR) is 112 cm³/mol. The molecule has 6 nitrogen and oxygen atoms in total. The standard InChI is InChI=1S/C21H31N3O3.ClH/c1-16(18-14-22-15-18)21(26)24-11-3-10-23(12-13-24)20(25)9-6-17-4-7-19(27-2)8-5-17;/h4-5,7-8,16,18,22H,3,6,9-15H2,1-2H3;1H. The Morgan fingerprint density at radius 1 is 1.11 bits per heavy atom. The molecule has 1 atom stereocenters. The van der Waals surface area contributed by atoms with E-state index in [-0.39, 0.29) is 30.1 Å². The molecule has 2 heterocycles. The summed E-state index contributed by atoms with van der Waals surface area (Å²) < 4.78 is 5.16. The van der Waals surface area contributed by atoms with Crippen LogP contribution >= 0.6 is 12.4 Å². The van der Waals surface area contributed by atoms with Crippen molar-refractivity contribution in [2.24, 2.45) is 11.8 Å².